The third kappa shape index (κ3) is 2.80. The molecule has 0 spiro atoms. The van der Waals surface area contributed by atoms with Crippen LogP contribution >= 0.6 is 0 Å². The van der Waals surface area contributed by atoms with Gasteiger partial charge in [-0.2, -0.15) is 0 Å². The van der Waals surface area contributed by atoms with Crippen LogP contribution in [0, 0.1) is 17.7 Å². The number of aryl methyl sites for hydroxylation is 1. The third-order valence-electron chi connectivity index (χ3n) is 4.02. The highest BCUT2D eigenvalue weighted by Gasteiger charge is 2.24. The molecule has 5 heteroatoms. The maximum atomic E-state index is 8.28. The van der Waals surface area contributed by atoms with Crippen LogP contribution in [0.5, 0.6) is 5.75 Å². The minimum atomic E-state index is 0.233. The van der Waals surface area contributed by atoms with Crippen molar-refractivity contribution in [3.8, 4) is 5.75 Å². The first kappa shape index (κ1) is 15.9. The quantitative estimate of drug-likeness (QED) is 0.655. The van der Waals surface area contributed by atoms with E-state index in [0.717, 1.165) is 28.3 Å². The van der Waals surface area contributed by atoms with Crippen LogP contribution in [0.25, 0.3) is 0 Å². The molecule has 0 bridgehead atoms. The van der Waals surface area contributed by atoms with E-state index >= 15 is 0 Å². The Balaban J connectivity index is 2.23. The number of anilines is 1. The Morgan fingerprint density at radius 2 is 1.88 bits per heavy atom. The number of benzene rings is 2. The van der Waals surface area contributed by atoms with Gasteiger partial charge in [0.15, 0.2) is 0 Å². The number of nitrogens with one attached hydrogen (secondary N) is 2. The summed E-state index contributed by atoms with van der Waals surface area (Å²) in [7, 11) is 1.63. The van der Waals surface area contributed by atoms with Crippen LogP contribution in [0.1, 0.15) is 23.6 Å². The highest BCUT2D eigenvalue weighted by molar-refractivity contribution is 6.25. The fourth-order valence-electron chi connectivity index (χ4n) is 2.82. The Morgan fingerprint density at radius 3 is 2.50 bits per heavy atom. The van der Waals surface area contributed by atoms with Crippen molar-refractivity contribution in [2.75, 3.05) is 18.6 Å². The van der Waals surface area contributed by atoms with Crippen LogP contribution in [0.2, 0.25) is 0 Å². The van der Waals surface area contributed by atoms with Crippen LogP contribution in [0.3, 0.4) is 0 Å². The molecule has 2 N–H and O–H groups in total. The normalized spacial score (nSPS) is 13.9. The molecule has 0 radical (unpaired) electrons. The van der Waals surface area contributed by atoms with Crippen molar-refractivity contribution in [2.45, 2.75) is 13.8 Å². The summed E-state index contributed by atoms with van der Waals surface area (Å²) < 4.78 is 5.37. The van der Waals surface area contributed by atoms with Gasteiger partial charge in [0.05, 0.1) is 25.1 Å². The van der Waals surface area contributed by atoms with E-state index in [-0.39, 0.29) is 12.4 Å². The molecule has 1 heterocycles. The molecule has 5 nitrogen and oxygen atoms in total. The first-order chi connectivity index (χ1) is 11.5. The van der Waals surface area contributed by atoms with Gasteiger partial charge in [0.2, 0.25) is 0 Å². The smallest absolute Gasteiger partial charge is 0.128 e. The van der Waals surface area contributed by atoms with E-state index in [1.807, 2.05) is 49.4 Å². The summed E-state index contributed by atoms with van der Waals surface area (Å²) in [5.41, 5.74) is 4.64. The molecule has 122 valence electrons. The maximum absolute atomic E-state index is 8.28. The summed E-state index contributed by atoms with van der Waals surface area (Å²) in [5.74, 6) is 1.31. The summed E-state index contributed by atoms with van der Waals surface area (Å²) >= 11 is 0. The maximum Gasteiger partial charge on any atom is 0.128 e. The molecule has 2 aromatic rings. The van der Waals surface area contributed by atoms with Gasteiger partial charge in [-0.3, -0.25) is 20.7 Å². The molecule has 1 aliphatic heterocycles. The predicted octanol–water partition coefficient (Wildman–Crippen LogP) is 3.64. The molecule has 24 heavy (non-hydrogen) atoms. The molecule has 0 saturated carbocycles. The molecule has 0 aliphatic carbocycles. The number of ether oxygens (including phenoxy) is 1. The van der Waals surface area contributed by atoms with Crippen molar-refractivity contribution < 1.29 is 4.74 Å². The number of aliphatic imine (C=N–C) groups is 1. The number of fused-ring (bicyclic) bond motifs is 1. The zero-order chi connectivity index (χ0) is 17.3. The van der Waals surface area contributed by atoms with E-state index in [1.165, 1.54) is 5.56 Å². The van der Waals surface area contributed by atoms with E-state index in [1.54, 1.807) is 18.9 Å². The van der Waals surface area contributed by atoms with Crippen LogP contribution in [0.15, 0.2) is 47.5 Å². The van der Waals surface area contributed by atoms with Gasteiger partial charge in [-0.05, 0) is 32.0 Å². The van der Waals surface area contributed by atoms with Gasteiger partial charge in [0.25, 0.3) is 0 Å². The van der Waals surface area contributed by atoms with Crippen molar-refractivity contribution in [2.24, 2.45) is 4.99 Å². The van der Waals surface area contributed by atoms with Crippen LogP contribution < -0.4 is 9.64 Å². The topological polar surface area (TPSA) is 72.5 Å². The van der Waals surface area contributed by atoms with Gasteiger partial charge in [-0.25, -0.2) is 0 Å². The number of amidine groups is 2. The zero-order valence-corrected chi connectivity index (χ0v) is 14.1. The second-order valence-corrected chi connectivity index (χ2v) is 5.78. The summed E-state index contributed by atoms with van der Waals surface area (Å²) in [4.78, 5) is 6.28. The summed E-state index contributed by atoms with van der Waals surface area (Å²) in [6.07, 6.45) is 0. The van der Waals surface area contributed by atoms with Crippen molar-refractivity contribution in [1.82, 2.24) is 0 Å². The first-order valence-electron chi connectivity index (χ1n) is 7.74. The van der Waals surface area contributed by atoms with Crippen molar-refractivity contribution in [3.05, 3.63) is 59.2 Å². The number of hydrogen-bond donors (Lipinski definition) is 2. The second-order valence-electron chi connectivity index (χ2n) is 5.78. The molecule has 0 fully saturated rings. The van der Waals surface area contributed by atoms with Crippen molar-refractivity contribution in [3.63, 3.8) is 0 Å². The molecule has 0 aromatic heterocycles. The molecule has 0 amide bonds. The van der Waals surface area contributed by atoms with Crippen LogP contribution in [-0.4, -0.2) is 31.0 Å². The van der Waals surface area contributed by atoms with Gasteiger partial charge in [-0.1, -0.05) is 29.8 Å². The Kier molecular flexibility index (Phi) is 4.16. The SMILES string of the molecule is COc1ccc2c(c1)C(c1ccc(C)cc1)=NCC(=N)N2C(C)=N. The van der Waals surface area contributed by atoms with E-state index < -0.39 is 0 Å². The summed E-state index contributed by atoms with van der Waals surface area (Å²) in [6, 6.07) is 13.8. The van der Waals surface area contributed by atoms with Gasteiger partial charge >= 0.3 is 0 Å². The summed E-state index contributed by atoms with van der Waals surface area (Å²) in [5, 5.41) is 16.3. The molecule has 2 aromatic carbocycles. The minimum absolute atomic E-state index is 0.233. The minimum Gasteiger partial charge on any atom is -0.497 e. The lowest BCUT2D eigenvalue weighted by atomic mass is 9.99. The van der Waals surface area contributed by atoms with E-state index in [4.69, 9.17) is 15.6 Å². The Labute approximate surface area is 141 Å². The van der Waals surface area contributed by atoms with Gasteiger partial charge in [-0.15, -0.1) is 0 Å². The standard InChI is InChI=1S/C19H20N4O/c1-12-4-6-14(7-5-12)19-16-10-15(24-3)8-9-17(16)23(13(2)20)18(21)11-22-19/h4-10,20-21H,11H2,1-3H3. The molecule has 3 rings (SSSR count). The van der Waals surface area contributed by atoms with Crippen molar-refractivity contribution in [1.29, 1.82) is 10.8 Å². The third-order valence-corrected chi connectivity index (χ3v) is 4.02. The second kappa shape index (κ2) is 6.28. The van der Waals surface area contributed by atoms with Crippen LogP contribution in [0.4, 0.5) is 5.69 Å². The number of methoxy groups -OCH3 is 1. The lowest BCUT2D eigenvalue weighted by molar-refractivity contribution is 0.415. The molecule has 0 atom stereocenters. The Morgan fingerprint density at radius 1 is 1.17 bits per heavy atom. The number of hydrogen-bond acceptors (Lipinski definition) is 4. The number of nitrogens with zero attached hydrogens (tertiary/aromatic N) is 2. The average molecular weight is 320 g/mol. The lowest BCUT2D eigenvalue weighted by Crippen LogP contribution is -2.35. The van der Waals surface area contributed by atoms with E-state index in [9.17, 15) is 0 Å². The molecule has 0 unspecified atom stereocenters. The van der Waals surface area contributed by atoms with Gasteiger partial charge in [0.1, 0.15) is 17.4 Å². The number of benzodiazepines with no additional fused rings is 1. The van der Waals surface area contributed by atoms with Crippen molar-refractivity contribution >= 4 is 23.1 Å². The fourth-order valence-corrected chi connectivity index (χ4v) is 2.82. The molecular formula is C19H20N4O. The zero-order valence-electron chi connectivity index (χ0n) is 14.1. The molecule has 0 saturated heterocycles. The Bertz CT molecular complexity index is 837. The molecule has 1 aliphatic rings. The first-order valence-corrected chi connectivity index (χ1v) is 7.74. The number of rotatable bonds is 2. The largest absolute Gasteiger partial charge is 0.497 e. The van der Waals surface area contributed by atoms with E-state index in [0.29, 0.717) is 5.84 Å². The predicted molar refractivity (Wildman–Crippen MR) is 98.3 cm³/mol. The van der Waals surface area contributed by atoms with Crippen LogP contribution in [-0.2, 0) is 0 Å². The van der Waals surface area contributed by atoms with E-state index in [2.05, 4.69) is 4.99 Å². The molecular weight excluding hydrogens is 300 g/mol. The monoisotopic (exact) mass is 320 g/mol. The Hall–Kier alpha value is -2.95. The summed E-state index contributed by atoms with van der Waals surface area (Å²) in [6.45, 7) is 3.96. The van der Waals surface area contributed by atoms with Gasteiger partial charge < -0.3 is 4.74 Å². The highest BCUT2D eigenvalue weighted by atomic mass is 16.5. The average Bonchev–Trinajstić information content (AvgIpc) is 2.71. The van der Waals surface area contributed by atoms with Gasteiger partial charge in [0, 0.05) is 11.1 Å². The fraction of sp³-hybridized carbons (Fsp3) is 0.211. The lowest BCUT2D eigenvalue weighted by Gasteiger charge is -2.24. The highest BCUT2D eigenvalue weighted by Crippen LogP contribution is 2.30.